The fourth-order valence-electron chi connectivity index (χ4n) is 2.35. The van der Waals surface area contributed by atoms with Crippen LogP contribution in [0.2, 0.25) is 0 Å². The van der Waals surface area contributed by atoms with Crippen molar-refractivity contribution in [2.45, 2.75) is 64.1 Å². The molecule has 0 heterocycles. The Kier molecular flexibility index (Phi) is 11.3. The number of unbranched alkanes of at least 4 members (excludes halogenated alkanes) is 5. The lowest BCUT2D eigenvalue weighted by atomic mass is 10.1. The topological polar surface area (TPSA) is 83.8 Å². The molecule has 6 nitrogen and oxygen atoms in total. The molecule has 24 heavy (non-hydrogen) atoms. The van der Waals surface area contributed by atoms with Gasteiger partial charge in [0.2, 0.25) is 0 Å². The van der Waals surface area contributed by atoms with Crippen molar-refractivity contribution >= 4 is 11.9 Å². The Labute approximate surface area is 145 Å². The summed E-state index contributed by atoms with van der Waals surface area (Å²) in [5, 5.41) is 18.7. The highest BCUT2D eigenvalue weighted by Gasteiger charge is 2.26. The van der Waals surface area contributed by atoms with Gasteiger partial charge in [0.05, 0.1) is 27.6 Å². The van der Waals surface area contributed by atoms with Gasteiger partial charge in [0.25, 0.3) is 0 Å². The van der Waals surface area contributed by atoms with Gasteiger partial charge < -0.3 is 19.4 Å². The maximum atomic E-state index is 11.9. The molecular weight excluding hydrogens is 310 g/mol. The number of hydrogen-bond acceptors (Lipinski definition) is 4. The molecule has 6 heteroatoms. The van der Waals surface area contributed by atoms with Crippen LogP contribution in [0.15, 0.2) is 12.2 Å². The molecule has 0 bridgehead atoms. The van der Waals surface area contributed by atoms with Gasteiger partial charge in [-0.05, 0) is 18.9 Å². The van der Waals surface area contributed by atoms with Crippen LogP contribution in [-0.2, 0) is 14.3 Å². The van der Waals surface area contributed by atoms with Crippen molar-refractivity contribution in [3.05, 3.63) is 12.2 Å². The van der Waals surface area contributed by atoms with Crippen molar-refractivity contribution in [1.82, 2.24) is 0 Å². The molecule has 0 rings (SSSR count). The van der Waals surface area contributed by atoms with E-state index in [2.05, 4.69) is 6.92 Å². The Balaban J connectivity index is 4.29. The van der Waals surface area contributed by atoms with E-state index in [0.717, 1.165) is 19.3 Å². The summed E-state index contributed by atoms with van der Waals surface area (Å²) < 4.78 is 5.64. The maximum Gasteiger partial charge on any atom is 0.339 e. The van der Waals surface area contributed by atoms with Crippen LogP contribution in [0.4, 0.5) is 0 Å². The largest absolute Gasteiger partial charge is 0.481 e. The van der Waals surface area contributed by atoms with Gasteiger partial charge in [-0.3, -0.25) is 4.79 Å². The van der Waals surface area contributed by atoms with Crippen molar-refractivity contribution in [3.8, 4) is 0 Å². The number of carbonyl (C=O) groups is 2. The van der Waals surface area contributed by atoms with Crippen molar-refractivity contribution < 1.29 is 29.0 Å². The number of aliphatic carboxylic acids is 1. The zero-order chi connectivity index (χ0) is 18.6. The first-order chi connectivity index (χ1) is 11.2. The Morgan fingerprint density at radius 1 is 1.12 bits per heavy atom. The minimum atomic E-state index is -1.34. The molecular formula is C18H34NO5+. The van der Waals surface area contributed by atoms with Crippen molar-refractivity contribution in [3.63, 3.8) is 0 Å². The summed E-state index contributed by atoms with van der Waals surface area (Å²) in [6.45, 7) is 2.53. The van der Waals surface area contributed by atoms with E-state index in [1.54, 1.807) is 6.08 Å². The van der Waals surface area contributed by atoms with Crippen LogP contribution in [0.1, 0.15) is 51.9 Å². The second-order valence-electron chi connectivity index (χ2n) is 7.21. The quantitative estimate of drug-likeness (QED) is 0.232. The van der Waals surface area contributed by atoms with Crippen molar-refractivity contribution in [2.24, 2.45) is 0 Å². The number of carbonyl (C=O) groups excluding carboxylic acids is 1. The molecule has 2 N–H and O–H groups in total. The molecule has 0 aliphatic carbocycles. The molecule has 2 atom stereocenters. The highest BCUT2D eigenvalue weighted by Crippen LogP contribution is 2.08. The standard InChI is InChI=1S/C18H33NO5/c1-5-6-7-8-9-10-11-12-16(20)18(23)24-15(13-17(21)22)14-19(2,3)4/h11-12,15-16,20H,5-10,13-14H2,1-4H3/p+1/b12-11+. The van der Waals surface area contributed by atoms with Gasteiger partial charge >= 0.3 is 11.9 Å². The lowest BCUT2D eigenvalue weighted by Crippen LogP contribution is -2.44. The first-order valence-electron chi connectivity index (χ1n) is 8.73. The molecule has 0 aromatic heterocycles. The van der Waals surface area contributed by atoms with Crippen molar-refractivity contribution in [1.29, 1.82) is 0 Å². The molecule has 140 valence electrons. The van der Waals surface area contributed by atoms with Gasteiger partial charge in [-0.25, -0.2) is 4.79 Å². The summed E-state index contributed by atoms with van der Waals surface area (Å²) in [7, 11) is 5.66. The van der Waals surface area contributed by atoms with E-state index >= 15 is 0 Å². The van der Waals surface area contributed by atoms with E-state index in [1.165, 1.54) is 25.3 Å². The molecule has 0 fully saturated rings. The third-order valence-electron chi connectivity index (χ3n) is 3.47. The molecule has 0 saturated carbocycles. The third-order valence-corrected chi connectivity index (χ3v) is 3.47. The normalized spacial score (nSPS) is 14.5. The number of likely N-dealkylation sites (N-methyl/N-ethyl adjacent to an activating group) is 1. The van der Waals surface area contributed by atoms with Crippen LogP contribution in [0.25, 0.3) is 0 Å². The number of rotatable bonds is 13. The van der Waals surface area contributed by atoms with E-state index in [4.69, 9.17) is 9.84 Å². The van der Waals surface area contributed by atoms with Gasteiger partial charge in [-0.15, -0.1) is 0 Å². The van der Waals surface area contributed by atoms with E-state index in [0.29, 0.717) is 11.0 Å². The first-order valence-corrected chi connectivity index (χ1v) is 8.73. The molecule has 2 unspecified atom stereocenters. The minimum Gasteiger partial charge on any atom is -0.481 e. The summed E-state index contributed by atoms with van der Waals surface area (Å²) in [5.74, 6) is -1.82. The average Bonchev–Trinajstić information content (AvgIpc) is 2.43. The van der Waals surface area contributed by atoms with Crippen molar-refractivity contribution in [2.75, 3.05) is 27.7 Å². The summed E-state index contributed by atoms with van der Waals surface area (Å²) in [4.78, 5) is 22.8. The van der Waals surface area contributed by atoms with Crippen LogP contribution >= 0.6 is 0 Å². The number of quaternary nitrogens is 1. The minimum absolute atomic E-state index is 0.269. The summed E-state index contributed by atoms with van der Waals surface area (Å²) in [6, 6.07) is 0. The van der Waals surface area contributed by atoms with Gasteiger partial charge in [-0.2, -0.15) is 0 Å². The molecule has 0 amide bonds. The number of carboxylic acids is 1. The Bertz CT molecular complexity index is 401. The highest BCUT2D eigenvalue weighted by atomic mass is 16.6. The zero-order valence-electron chi connectivity index (χ0n) is 15.5. The van der Waals surface area contributed by atoms with Crippen LogP contribution < -0.4 is 0 Å². The lowest BCUT2D eigenvalue weighted by Gasteiger charge is -2.28. The number of esters is 1. The SMILES string of the molecule is CCCCCCC/C=C/C(O)C(=O)OC(CC(=O)O)C[N+](C)(C)C. The number of aliphatic hydroxyl groups excluding tert-OH is 1. The molecule has 0 aliphatic heterocycles. The van der Waals surface area contributed by atoms with Gasteiger partial charge in [0.1, 0.15) is 6.54 Å². The number of carboxylic acid groups (broad SMARTS) is 1. The van der Waals surface area contributed by atoms with Crippen LogP contribution in [0, 0.1) is 0 Å². The fourth-order valence-corrected chi connectivity index (χ4v) is 2.35. The predicted molar refractivity (Wildman–Crippen MR) is 93.6 cm³/mol. The van der Waals surface area contributed by atoms with Crippen LogP contribution in [0.5, 0.6) is 0 Å². The lowest BCUT2D eigenvalue weighted by molar-refractivity contribution is -0.873. The smallest absolute Gasteiger partial charge is 0.339 e. The molecule has 0 radical (unpaired) electrons. The molecule has 0 aromatic carbocycles. The third kappa shape index (κ3) is 13.1. The Morgan fingerprint density at radius 3 is 2.29 bits per heavy atom. The summed E-state index contributed by atoms with van der Waals surface area (Å²) in [5.41, 5.74) is 0. The zero-order valence-corrected chi connectivity index (χ0v) is 15.5. The van der Waals surface area contributed by atoms with Gasteiger partial charge in [-0.1, -0.05) is 38.7 Å². The second-order valence-corrected chi connectivity index (χ2v) is 7.21. The molecule has 0 aliphatic rings. The van der Waals surface area contributed by atoms with Gasteiger partial charge in [0.15, 0.2) is 12.2 Å². The Morgan fingerprint density at radius 2 is 1.75 bits per heavy atom. The number of hydrogen-bond donors (Lipinski definition) is 2. The summed E-state index contributed by atoms with van der Waals surface area (Å²) >= 11 is 0. The molecule has 0 saturated heterocycles. The van der Waals surface area contributed by atoms with E-state index in [9.17, 15) is 14.7 Å². The van der Waals surface area contributed by atoms with E-state index in [1.807, 2.05) is 21.1 Å². The molecule has 0 aromatic rings. The van der Waals surface area contributed by atoms with Crippen LogP contribution in [0.3, 0.4) is 0 Å². The predicted octanol–water partition coefficient (Wildman–Crippen LogP) is 2.36. The number of nitrogens with zero attached hydrogens (tertiary/aromatic N) is 1. The van der Waals surface area contributed by atoms with Gasteiger partial charge in [0, 0.05) is 0 Å². The Hall–Kier alpha value is -1.40. The van der Waals surface area contributed by atoms with E-state index in [-0.39, 0.29) is 6.42 Å². The second kappa shape index (κ2) is 12.0. The van der Waals surface area contributed by atoms with Crippen LogP contribution in [-0.4, -0.2) is 66.5 Å². The maximum absolute atomic E-state index is 11.9. The number of aliphatic hydroxyl groups is 1. The fraction of sp³-hybridized carbons (Fsp3) is 0.778. The monoisotopic (exact) mass is 344 g/mol. The summed E-state index contributed by atoms with van der Waals surface area (Å²) in [6.07, 6.45) is 7.45. The highest BCUT2D eigenvalue weighted by molar-refractivity contribution is 5.77. The number of ether oxygens (including phenoxy) is 1. The first kappa shape index (κ1) is 22.6. The average molecular weight is 344 g/mol. The number of allylic oxidation sites excluding steroid dienone is 1. The van der Waals surface area contributed by atoms with E-state index < -0.39 is 24.1 Å². The molecule has 0 spiro atoms.